The van der Waals surface area contributed by atoms with E-state index in [1.165, 1.54) is 5.69 Å². The summed E-state index contributed by atoms with van der Waals surface area (Å²) in [7, 11) is 4.04. The number of pyridine rings is 1. The quantitative estimate of drug-likeness (QED) is 0.703. The van der Waals surface area contributed by atoms with Gasteiger partial charge < -0.3 is 27.0 Å². The fraction of sp³-hybridized carbons (Fsp3) is 0.222. The molecular weight excluding hydrogens is 356 g/mol. The first kappa shape index (κ1) is 18.9. The predicted octanol–water partition coefficient (Wildman–Crippen LogP) is -0.311. The number of halogens is 1. The average molecular weight is 377 g/mol. The van der Waals surface area contributed by atoms with Crippen molar-refractivity contribution in [2.45, 2.75) is 13.0 Å². The number of aryl methyl sites for hydroxylation is 1. The van der Waals surface area contributed by atoms with Crippen LogP contribution in [0.3, 0.4) is 0 Å². The molecule has 23 heavy (non-hydrogen) atoms. The number of anilines is 1. The van der Waals surface area contributed by atoms with Gasteiger partial charge in [0.25, 0.3) is 0 Å². The summed E-state index contributed by atoms with van der Waals surface area (Å²) >= 11 is 0. The molecule has 0 fully saturated rings. The molecule has 2 rings (SSSR count). The van der Waals surface area contributed by atoms with Crippen LogP contribution in [-0.2, 0) is 11.3 Å². The van der Waals surface area contributed by atoms with Crippen LogP contribution in [0, 0.1) is 0 Å². The van der Waals surface area contributed by atoms with Gasteiger partial charge in [-0.2, -0.15) is 0 Å². The summed E-state index contributed by atoms with van der Waals surface area (Å²) in [6.45, 7) is 0.491. The molecule has 5 heteroatoms. The lowest BCUT2D eigenvalue weighted by Crippen LogP contribution is -3.00. The van der Waals surface area contributed by atoms with Crippen molar-refractivity contribution in [2.75, 3.05) is 19.0 Å². The molecule has 122 valence electrons. The Bertz CT molecular complexity index is 650. The van der Waals surface area contributed by atoms with Crippen LogP contribution in [0.5, 0.6) is 0 Å². The van der Waals surface area contributed by atoms with Crippen LogP contribution < -0.4 is 26.4 Å². The molecule has 1 heterocycles. The SMILES string of the molecule is CN(C)c1ccc(/C=C/c2cc[n+](CCC(=O)O)cc2)cc1.[Br-]. The van der Waals surface area contributed by atoms with Gasteiger partial charge in [0, 0.05) is 31.9 Å². The van der Waals surface area contributed by atoms with Crippen LogP contribution in [0.4, 0.5) is 5.69 Å². The fourth-order valence-electron chi connectivity index (χ4n) is 2.03. The Hall–Kier alpha value is -2.14. The Morgan fingerprint density at radius 3 is 2.04 bits per heavy atom. The van der Waals surface area contributed by atoms with Gasteiger partial charge in [-0.05, 0) is 23.3 Å². The second-order valence-electron chi connectivity index (χ2n) is 5.33. The Morgan fingerprint density at radius 1 is 1.04 bits per heavy atom. The molecule has 0 radical (unpaired) electrons. The van der Waals surface area contributed by atoms with E-state index in [-0.39, 0.29) is 23.4 Å². The molecule has 0 bridgehead atoms. The van der Waals surface area contributed by atoms with Gasteiger partial charge in [0.05, 0.1) is 0 Å². The zero-order valence-corrected chi connectivity index (χ0v) is 14.9. The fourth-order valence-corrected chi connectivity index (χ4v) is 2.03. The molecule has 1 aromatic carbocycles. The molecule has 0 aliphatic carbocycles. The lowest BCUT2D eigenvalue weighted by Gasteiger charge is -2.11. The van der Waals surface area contributed by atoms with E-state index >= 15 is 0 Å². The van der Waals surface area contributed by atoms with Gasteiger partial charge in [-0.15, -0.1) is 0 Å². The van der Waals surface area contributed by atoms with E-state index in [4.69, 9.17) is 5.11 Å². The van der Waals surface area contributed by atoms with Crippen molar-refractivity contribution < 1.29 is 31.4 Å². The number of carbonyl (C=O) groups is 1. The summed E-state index contributed by atoms with van der Waals surface area (Å²) < 4.78 is 1.87. The second-order valence-corrected chi connectivity index (χ2v) is 5.33. The van der Waals surface area contributed by atoms with Gasteiger partial charge in [0.2, 0.25) is 0 Å². The van der Waals surface area contributed by atoms with Gasteiger partial charge in [-0.25, -0.2) is 4.57 Å². The molecule has 2 aromatic rings. The maximum absolute atomic E-state index is 10.5. The summed E-state index contributed by atoms with van der Waals surface area (Å²) in [6.07, 6.45) is 8.05. The van der Waals surface area contributed by atoms with Crippen molar-refractivity contribution >= 4 is 23.8 Å². The third kappa shape index (κ3) is 6.24. The number of hydrogen-bond donors (Lipinski definition) is 1. The van der Waals surface area contributed by atoms with E-state index in [0.717, 1.165) is 11.1 Å². The van der Waals surface area contributed by atoms with Gasteiger partial charge in [-0.1, -0.05) is 24.3 Å². The summed E-state index contributed by atoms with van der Waals surface area (Å²) in [5.41, 5.74) is 3.41. The van der Waals surface area contributed by atoms with Crippen molar-refractivity contribution in [1.82, 2.24) is 0 Å². The smallest absolute Gasteiger partial charge is 0.309 e. The lowest BCUT2D eigenvalue weighted by molar-refractivity contribution is -0.696. The van der Waals surface area contributed by atoms with Crippen molar-refractivity contribution in [1.29, 1.82) is 0 Å². The highest BCUT2D eigenvalue weighted by molar-refractivity contribution is 5.70. The second kappa shape index (κ2) is 9.10. The molecule has 0 amide bonds. The number of carboxylic acids is 1. The number of benzene rings is 1. The summed E-state index contributed by atoms with van der Waals surface area (Å²) in [5, 5.41) is 8.67. The predicted molar refractivity (Wildman–Crippen MR) is 88.6 cm³/mol. The van der Waals surface area contributed by atoms with E-state index in [2.05, 4.69) is 35.2 Å². The molecule has 0 unspecified atom stereocenters. The molecule has 0 saturated heterocycles. The minimum absolute atomic E-state index is 0. The van der Waals surface area contributed by atoms with Gasteiger partial charge in [0.1, 0.15) is 6.42 Å². The number of aliphatic carboxylic acids is 1. The Balaban J connectivity index is 0.00000264. The van der Waals surface area contributed by atoms with Crippen LogP contribution >= 0.6 is 0 Å². The van der Waals surface area contributed by atoms with Gasteiger partial charge >= 0.3 is 5.97 Å². The summed E-state index contributed by atoms with van der Waals surface area (Å²) in [6, 6.07) is 12.3. The van der Waals surface area contributed by atoms with Crippen molar-refractivity contribution in [2.24, 2.45) is 0 Å². The molecule has 0 spiro atoms. The zero-order chi connectivity index (χ0) is 15.9. The van der Waals surface area contributed by atoms with Crippen LogP contribution in [0.25, 0.3) is 12.2 Å². The molecule has 1 aromatic heterocycles. The van der Waals surface area contributed by atoms with E-state index in [1.807, 2.05) is 49.3 Å². The Kier molecular flexibility index (Phi) is 7.48. The summed E-state index contributed by atoms with van der Waals surface area (Å²) in [5.74, 6) is -0.780. The van der Waals surface area contributed by atoms with Crippen LogP contribution in [-0.4, -0.2) is 25.2 Å². The topological polar surface area (TPSA) is 44.4 Å². The zero-order valence-electron chi connectivity index (χ0n) is 13.3. The number of carboxylic acid groups (broad SMARTS) is 1. The first-order chi connectivity index (χ1) is 10.5. The van der Waals surface area contributed by atoms with Crippen LogP contribution in [0.15, 0.2) is 48.8 Å². The minimum atomic E-state index is -0.780. The first-order valence-corrected chi connectivity index (χ1v) is 7.21. The van der Waals surface area contributed by atoms with Crippen molar-refractivity contribution in [3.8, 4) is 0 Å². The van der Waals surface area contributed by atoms with E-state index < -0.39 is 5.97 Å². The molecule has 4 nitrogen and oxygen atoms in total. The number of aromatic nitrogens is 1. The largest absolute Gasteiger partial charge is 1.00 e. The molecule has 1 N–H and O–H groups in total. The van der Waals surface area contributed by atoms with E-state index in [1.54, 1.807) is 0 Å². The van der Waals surface area contributed by atoms with Crippen molar-refractivity contribution in [3.05, 3.63) is 59.9 Å². The maximum atomic E-state index is 10.5. The molecular formula is C18H21BrN2O2. The van der Waals surface area contributed by atoms with Crippen LogP contribution in [0.1, 0.15) is 17.5 Å². The third-order valence-corrected chi connectivity index (χ3v) is 3.38. The monoisotopic (exact) mass is 376 g/mol. The Labute approximate surface area is 147 Å². The maximum Gasteiger partial charge on any atom is 0.309 e. The highest BCUT2D eigenvalue weighted by Gasteiger charge is 2.03. The van der Waals surface area contributed by atoms with Crippen molar-refractivity contribution in [3.63, 3.8) is 0 Å². The van der Waals surface area contributed by atoms with Gasteiger partial charge in [-0.3, -0.25) is 4.79 Å². The third-order valence-electron chi connectivity index (χ3n) is 3.38. The standard InChI is InChI=1S/C18H20N2O2.BrH/c1-19(2)17-7-5-15(6-8-17)3-4-16-9-12-20(13-10-16)14-11-18(21)22;/h3-10,12-13H,11,14H2,1-2H3;1H. The normalized spacial score (nSPS) is 10.3. The highest BCUT2D eigenvalue weighted by atomic mass is 79.9. The average Bonchev–Trinajstić information content (AvgIpc) is 2.52. The first-order valence-electron chi connectivity index (χ1n) is 7.21. The van der Waals surface area contributed by atoms with E-state index in [9.17, 15) is 4.79 Å². The molecule has 0 atom stereocenters. The lowest BCUT2D eigenvalue weighted by atomic mass is 10.1. The molecule has 0 aliphatic rings. The number of rotatable bonds is 6. The summed E-state index contributed by atoms with van der Waals surface area (Å²) in [4.78, 5) is 12.6. The number of hydrogen-bond acceptors (Lipinski definition) is 2. The highest BCUT2D eigenvalue weighted by Crippen LogP contribution is 2.14. The Morgan fingerprint density at radius 2 is 1.57 bits per heavy atom. The minimum Gasteiger partial charge on any atom is -1.00 e. The molecule has 0 saturated carbocycles. The molecule has 0 aliphatic heterocycles. The van der Waals surface area contributed by atoms with Crippen LogP contribution in [0.2, 0.25) is 0 Å². The number of nitrogens with zero attached hydrogens (tertiary/aromatic N) is 2. The van der Waals surface area contributed by atoms with Gasteiger partial charge in [0.15, 0.2) is 18.9 Å². The van der Waals surface area contributed by atoms with E-state index in [0.29, 0.717) is 6.54 Å².